The number of nitrogens with one attached hydrogen (secondary N) is 1. The number of rotatable bonds is 4. The molecule has 0 amide bonds. The lowest BCUT2D eigenvalue weighted by Crippen LogP contribution is -2.47. The van der Waals surface area contributed by atoms with E-state index in [0.717, 1.165) is 23.9 Å². The second kappa shape index (κ2) is 6.91. The normalized spacial score (nSPS) is 38.0. The monoisotopic (exact) mass is 252 g/mol. The number of piperidine rings is 1. The van der Waals surface area contributed by atoms with Gasteiger partial charge in [-0.3, -0.25) is 0 Å². The smallest absolute Gasteiger partial charge is 0.0197 e. The van der Waals surface area contributed by atoms with Crippen LogP contribution in [-0.2, 0) is 0 Å². The maximum Gasteiger partial charge on any atom is 0.0197 e. The molecule has 2 heteroatoms. The average molecular weight is 252 g/mol. The standard InChI is InChI=1S/C16H32N2/c1-4-14-5-7-16(8-6-14)18(3)12-15-11-13(2)9-10-17-15/h13-17H,4-12H2,1-3H3. The third-order valence-corrected chi connectivity index (χ3v) is 5.28. The van der Waals surface area contributed by atoms with Gasteiger partial charge in [0, 0.05) is 18.6 Å². The molecule has 1 saturated carbocycles. The molecule has 0 aromatic heterocycles. The van der Waals surface area contributed by atoms with Crippen molar-refractivity contribution >= 4 is 0 Å². The molecule has 18 heavy (non-hydrogen) atoms. The Morgan fingerprint density at radius 1 is 1.11 bits per heavy atom. The molecule has 2 unspecified atom stereocenters. The van der Waals surface area contributed by atoms with E-state index < -0.39 is 0 Å². The molecule has 0 radical (unpaired) electrons. The zero-order valence-electron chi connectivity index (χ0n) is 12.6. The Bertz CT molecular complexity index is 233. The van der Waals surface area contributed by atoms with Gasteiger partial charge in [-0.2, -0.15) is 0 Å². The minimum atomic E-state index is 0.739. The largest absolute Gasteiger partial charge is 0.313 e. The Kier molecular flexibility index (Phi) is 5.50. The SMILES string of the molecule is CCC1CCC(N(C)CC2CC(C)CCN2)CC1. The fourth-order valence-electron chi connectivity index (χ4n) is 3.85. The summed E-state index contributed by atoms with van der Waals surface area (Å²) in [6.07, 6.45) is 9.89. The van der Waals surface area contributed by atoms with Gasteiger partial charge in [0.25, 0.3) is 0 Å². The molecule has 1 aliphatic carbocycles. The summed E-state index contributed by atoms with van der Waals surface area (Å²) in [6.45, 7) is 7.23. The topological polar surface area (TPSA) is 15.3 Å². The lowest BCUT2D eigenvalue weighted by molar-refractivity contribution is 0.139. The van der Waals surface area contributed by atoms with E-state index in [4.69, 9.17) is 0 Å². The first-order chi connectivity index (χ1) is 8.69. The first-order valence-corrected chi connectivity index (χ1v) is 8.12. The zero-order valence-corrected chi connectivity index (χ0v) is 12.6. The highest BCUT2D eigenvalue weighted by molar-refractivity contribution is 4.83. The van der Waals surface area contributed by atoms with Crippen LogP contribution in [0, 0.1) is 11.8 Å². The predicted molar refractivity (Wildman–Crippen MR) is 78.9 cm³/mol. The number of likely N-dealkylation sites (N-methyl/N-ethyl adjacent to an activating group) is 1. The number of hydrogen-bond donors (Lipinski definition) is 1. The highest BCUT2D eigenvalue weighted by atomic mass is 15.2. The number of hydrogen-bond acceptors (Lipinski definition) is 2. The Morgan fingerprint density at radius 2 is 1.83 bits per heavy atom. The third-order valence-electron chi connectivity index (χ3n) is 5.28. The molecule has 2 nitrogen and oxygen atoms in total. The summed E-state index contributed by atoms with van der Waals surface area (Å²) in [5.74, 6) is 1.93. The molecular weight excluding hydrogens is 220 g/mol. The summed E-state index contributed by atoms with van der Waals surface area (Å²) in [7, 11) is 2.35. The van der Waals surface area contributed by atoms with Crippen molar-refractivity contribution in [2.75, 3.05) is 20.1 Å². The quantitative estimate of drug-likeness (QED) is 0.826. The van der Waals surface area contributed by atoms with Gasteiger partial charge in [-0.15, -0.1) is 0 Å². The van der Waals surface area contributed by atoms with Gasteiger partial charge in [0.05, 0.1) is 0 Å². The van der Waals surface area contributed by atoms with Crippen LogP contribution in [0.4, 0.5) is 0 Å². The summed E-state index contributed by atoms with van der Waals surface area (Å²) in [6, 6.07) is 1.59. The highest BCUT2D eigenvalue weighted by Gasteiger charge is 2.26. The molecule has 2 fully saturated rings. The maximum absolute atomic E-state index is 3.70. The van der Waals surface area contributed by atoms with Crippen molar-refractivity contribution in [2.24, 2.45) is 11.8 Å². The van der Waals surface area contributed by atoms with Crippen LogP contribution in [0.5, 0.6) is 0 Å². The lowest BCUT2D eigenvalue weighted by atomic mass is 9.84. The van der Waals surface area contributed by atoms with Crippen LogP contribution >= 0.6 is 0 Å². The molecule has 106 valence electrons. The van der Waals surface area contributed by atoms with Gasteiger partial charge in [0.2, 0.25) is 0 Å². The molecule has 0 aromatic rings. The molecule has 1 N–H and O–H groups in total. The van der Waals surface area contributed by atoms with E-state index >= 15 is 0 Å². The van der Waals surface area contributed by atoms with Gasteiger partial charge < -0.3 is 10.2 Å². The third kappa shape index (κ3) is 3.96. The molecule has 0 aromatic carbocycles. The van der Waals surface area contributed by atoms with Crippen LogP contribution in [-0.4, -0.2) is 37.1 Å². The van der Waals surface area contributed by atoms with E-state index in [-0.39, 0.29) is 0 Å². The van der Waals surface area contributed by atoms with E-state index in [9.17, 15) is 0 Å². The molecule has 0 bridgehead atoms. The Hall–Kier alpha value is -0.0800. The zero-order chi connectivity index (χ0) is 13.0. The lowest BCUT2D eigenvalue weighted by Gasteiger charge is -2.38. The van der Waals surface area contributed by atoms with Crippen LogP contribution < -0.4 is 5.32 Å². The second-order valence-electron chi connectivity index (χ2n) is 6.80. The molecule has 2 atom stereocenters. The minimum absolute atomic E-state index is 0.739. The van der Waals surface area contributed by atoms with Crippen molar-refractivity contribution in [3.05, 3.63) is 0 Å². The second-order valence-corrected chi connectivity index (χ2v) is 6.80. The van der Waals surface area contributed by atoms with E-state index in [0.29, 0.717) is 0 Å². The van der Waals surface area contributed by atoms with Crippen LogP contribution in [0.2, 0.25) is 0 Å². The first kappa shape index (κ1) is 14.3. The van der Waals surface area contributed by atoms with Gasteiger partial charge in [-0.1, -0.05) is 20.3 Å². The van der Waals surface area contributed by atoms with Gasteiger partial charge in [-0.05, 0) is 64.0 Å². The van der Waals surface area contributed by atoms with Crippen molar-refractivity contribution < 1.29 is 0 Å². The highest BCUT2D eigenvalue weighted by Crippen LogP contribution is 2.29. The summed E-state index contributed by atoms with van der Waals surface area (Å²) >= 11 is 0. The Labute approximate surface area is 114 Å². The van der Waals surface area contributed by atoms with Gasteiger partial charge >= 0.3 is 0 Å². The van der Waals surface area contributed by atoms with Crippen molar-refractivity contribution in [1.29, 1.82) is 0 Å². The molecule has 0 spiro atoms. The summed E-state index contributed by atoms with van der Waals surface area (Å²) in [5.41, 5.74) is 0. The Balaban J connectivity index is 1.72. The molecule has 1 aliphatic heterocycles. The fraction of sp³-hybridized carbons (Fsp3) is 1.00. The number of nitrogens with zero attached hydrogens (tertiary/aromatic N) is 1. The summed E-state index contributed by atoms with van der Waals surface area (Å²) < 4.78 is 0. The van der Waals surface area contributed by atoms with Crippen LogP contribution in [0.25, 0.3) is 0 Å². The fourth-order valence-corrected chi connectivity index (χ4v) is 3.85. The van der Waals surface area contributed by atoms with Gasteiger partial charge in [-0.25, -0.2) is 0 Å². The van der Waals surface area contributed by atoms with Gasteiger partial charge in [0.15, 0.2) is 0 Å². The van der Waals surface area contributed by atoms with Crippen molar-refractivity contribution in [1.82, 2.24) is 10.2 Å². The van der Waals surface area contributed by atoms with E-state index in [1.54, 1.807) is 0 Å². The predicted octanol–water partition coefficient (Wildman–Crippen LogP) is 3.28. The maximum atomic E-state index is 3.70. The summed E-state index contributed by atoms with van der Waals surface area (Å²) in [4.78, 5) is 2.64. The summed E-state index contributed by atoms with van der Waals surface area (Å²) in [5, 5.41) is 3.70. The Morgan fingerprint density at radius 3 is 2.44 bits per heavy atom. The first-order valence-electron chi connectivity index (χ1n) is 8.12. The van der Waals surface area contributed by atoms with E-state index in [1.807, 2.05) is 0 Å². The average Bonchev–Trinajstić information content (AvgIpc) is 2.39. The van der Waals surface area contributed by atoms with E-state index in [1.165, 1.54) is 58.0 Å². The molecular formula is C16H32N2. The van der Waals surface area contributed by atoms with Crippen molar-refractivity contribution in [2.45, 2.75) is 70.9 Å². The minimum Gasteiger partial charge on any atom is -0.313 e. The molecule has 2 rings (SSSR count). The van der Waals surface area contributed by atoms with Crippen LogP contribution in [0.15, 0.2) is 0 Å². The van der Waals surface area contributed by atoms with Crippen molar-refractivity contribution in [3.8, 4) is 0 Å². The van der Waals surface area contributed by atoms with Crippen LogP contribution in [0.1, 0.15) is 58.8 Å². The molecule has 1 saturated heterocycles. The van der Waals surface area contributed by atoms with Gasteiger partial charge in [0.1, 0.15) is 0 Å². The molecule has 1 heterocycles. The van der Waals surface area contributed by atoms with Crippen LogP contribution in [0.3, 0.4) is 0 Å². The molecule has 2 aliphatic rings. The van der Waals surface area contributed by atoms with E-state index in [2.05, 4.69) is 31.1 Å². The van der Waals surface area contributed by atoms with Crippen molar-refractivity contribution in [3.63, 3.8) is 0 Å².